The highest BCUT2D eigenvalue weighted by Gasteiger charge is 2.20. The lowest BCUT2D eigenvalue weighted by atomic mass is 10.1. The summed E-state index contributed by atoms with van der Waals surface area (Å²) >= 11 is 6.14. The average Bonchev–Trinajstić information content (AvgIpc) is 3.18. The van der Waals surface area contributed by atoms with E-state index in [9.17, 15) is 9.59 Å². The van der Waals surface area contributed by atoms with Gasteiger partial charge in [0.1, 0.15) is 17.8 Å². The Morgan fingerprint density at radius 3 is 2.57 bits per heavy atom. The van der Waals surface area contributed by atoms with Crippen molar-refractivity contribution >= 4 is 34.7 Å². The molecule has 4 aromatic rings. The molecule has 0 aliphatic carbocycles. The summed E-state index contributed by atoms with van der Waals surface area (Å²) in [6.07, 6.45) is 1.34. The number of nitrogens with two attached hydrogens (primary N) is 1. The summed E-state index contributed by atoms with van der Waals surface area (Å²) in [4.78, 5) is 33.4. The van der Waals surface area contributed by atoms with Crippen molar-refractivity contribution in [3.05, 3.63) is 77.3 Å². The van der Waals surface area contributed by atoms with Crippen LogP contribution in [-0.4, -0.2) is 33.3 Å². The Labute approximate surface area is 176 Å². The minimum atomic E-state index is -0.733. The first-order valence-corrected chi connectivity index (χ1v) is 9.24. The molecule has 2 heterocycles. The Balaban J connectivity index is 1.81. The van der Waals surface area contributed by atoms with Crippen LogP contribution < -0.4 is 15.8 Å². The van der Waals surface area contributed by atoms with Crippen LogP contribution in [0.5, 0.6) is 5.75 Å². The summed E-state index contributed by atoms with van der Waals surface area (Å²) in [7, 11) is 1.51. The SMILES string of the molecule is COc1ccc(NC(=O)c2cc(-c3ccccc3)nc3c(C(N)=O)ncn23)cc1Cl. The first-order valence-electron chi connectivity index (χ1n) is 8.86. The number of imidazole rings is 1. The van der Waals surface area contributed by atoms with Gasteiger partial charge in [-0.2, -0.15) is 0 Å². The molecule has 0 saturated heterocycles. The number of carbonyl (C=O) groups is 2. The standard InChI is InChI=1S/C21H16ClN5O3/c1-30-17-8-7-13(9-14(17)22)25-21(29)16-10-15(12-5-3-2-4-6-12)26-20-18(19(23)28)24-11-27(16)20/h2-11H,1H3,(H2,23,28)(H,25,29). The topological polar surface area (TPSA) is 112 Å². The number of nitrogens with zero attached hydrogens (tertiary/aromatic N) is 3. The van der Waals surface area contributed by atoms with Gasteiger partial charge in [0.15, 0.2) is 11.3 Å². The number of methoxy groups -OCH3 is 1. The van der Waals surface area contributed by atoms with E-state index in [4.69, 9.17) is 22.1 Å². The highest BCUT2D eigenvalue weighted by Crippen LogP contribution is 2.28. The number of rotatable bonds is 5. The number of hydrogen-bond acceptors (Lipinski definition) is 5. The van der Waals surface area contributed by atoms with Crippen molar-refractivity contribution in [2.24, 2.45) is 5.73 Å². The fraction of sp³-hybridized carbons (Fsp3) is 0.0476. The predicted octanol–water partition coefficient (Wildman–Crippen LogP) is 3.41. The van der Waals surface area contributed by atoms with Gasteiger partial charge < -0.3 is 15.8 Å². The van der Waals surface area contributed by atoms with E-state index in [-0.39, 0.29) is 17.0 Å². The van der Waals surface area contributed by atoms with Gasteiger partial charge in [0.2, 0.25) is 0 Å². The number of carbonyl (C=O) groups excluding carboxylic acids is 2. The van der Waals surface area contributed by atoms with Crippen molar-refractivity contribution in [1.29, 1.82) is 0 Å². The number of fused-ring (bicyclic) bond motifs is 1. The van der Waals surface area contributed by atoms with Gasteiger partial charge >= 0.3 is 0 Å². The number of hydrogen-bond donors (Lipinski definition) is 2. The molecule has 0 bridgehead atoms. The minimum absolute atomic E-state index is 0.0191. The van der Waals surface area contributed by atoms with Crippen LogP contribution in [0.2, 0.25) is 5.02 Å². The molecule has 0 unspecified atom stereocenters. The molecule has 8 nitrogen and oxygen atoms in total. The zero-order chi connectivity index (χ0) is 21.3. The second-order valence-electron chi connectivity index (χ2n) is 6.35. The van der Waals surface area contributed by atoms with Crippen LogP contribution in [0.15, 0.2) is 60.9 Å². The Kier molecular flexibility index (Phi) is 5.07. The second kappa shape index (κ2) is 7.84. The molecule has 0 atom stereocenters. The third-order valence-corrected chi connectivity index (χ3v) is 4.74. The quantitative estimate of drug-likeness (QED) is 0.513. The van der Waals surface area contributed by atoms with E-state index in [1.54, 1.807) is 24.3 Å². The lowest BCUT2D eigenvalue weighted by Crippen LogP contribution is -2.17. The summed E-state index contributed by atoms with van der Waals surface area (Å²) in [5.74, 6) is -0.675. The maximum absolute atomic E-state index is 13.1. The largest absolute Gasteiger partial charge is 0.495 e. The van der Waals surface area contributed by atoms with Crippen LogP contribution in [0.25, 0.3) is 16.9 Å². The Morgan fingerprint density at radius 1 is 1.13 bits per heavy atom. The van der Waals surface area contributed by atoms with E-state index in [0.29, 0.717) is 22.2 Å². The lowest BCUT2D eigenvalue weighted by molar-refractivity contribution is 0.0993. The minimum Gasteiger partial charge on any atom is -0.495 e. The summed E-state index contributed by atoms with van der Waals surface area (Å²) < 4.78 is 6.55. The fourth-order valence-corrected chi connectivity index (χ4v) is 3.27. The van der Waals surface area contributed by atoms with Crippen molar-refractivity contribution in [2.75, 3.05) is 12.4 Å². The number of aromatic nitrogens is 3. The molecule has 9 heteroatoms. The van der Waals surface area contributed by atoms with Gasteiger partial charge in [-0.3, -0.25) is 14.0 Å². The molecular weight excluding hydrogens is 406 g/mol. The molecule has 2 aromatic carbocycles. The van der Waals surface area contributed by atoms with Crippen molar-refractivity contribution in [3.63, 3.8) is 0 Å². The highest BCUT2D eigenvalue weighted by atomic mass is 35.5. The van der Waals surface area contributed by atoms with Crippen LogP contribution in [0.3, 0.4) is 0 Å². The van der Waals surface area contributed by atoms with Crippen LogP contribution in [-0.2, 0) is 0 Å². The van der Waals surface area contributed by atoms with E-state index >= 15 is 0 Å². The molecule has 0 aliphatic rings. The average molecular weight is 422 g/mol. The second-order valence-corrected chi connectivity index (χ2v) is 6.75. The molecule has 2 aromatic heterocycles. The normalized spacial score (nSPS) is 10.7. The number of nitrogens with one attached hydrogen (secondary N) is 1. The smallest absolute Gasteiger partial charge is 0.272 e. The van der Waals surface area contributed by atoms with Gasteiger partial charge in [0, 0.05) is 11.3 Å². The Hall–Kier alpha value is -3.91. The van der Waals surface area contributed by atoms with Crippen LogP contribution in [0, 0.1) is 0 Å². The van der Waals surface area contributed by atoms with Crippen molar-refractivity contribution < 1.29 is 14.3 Å². The molecule has 0 radical (unpaired) electrons. The zero-order valence-corrected chi connectivity index (χ0v) is 16.6. The van der Waals surface area contributed by atoms with Gasteiger partial charge in [0.25, 0.3) is 11.8 Å². The van der Waals surface area contributed by atoms with E-state index < -0.39 is 11.8 Å². The maximum atomic E-state index is 13.1. The van der Waals surface area contributed by atoms with Gasteiger partial charge in [-0.25, -0.2) is 9.97 Å². The molecule has 0 fully saturated rings. The van der Waals surface area contributed by atoms with Gasteiger partial charge in [-0.1, -0.05) is 41.9 Å². The number of amides is 2. The first-order chi connectivity index (χ1) is 14.5. The summed E-state index contributed by atoms with van der Waals surface area (Å²) in [5.41, 5.74) is 7.59. The number of ether oxygens (including phenoxy) is 1. The number of primary amides is 1. The molecule has 2 amide bonds. The summed E-state index contributed by atoms with van der Waals surface area (Å²) in [6, 6.07) is 15.8. The van der Waals surface area contributed by atoms with Crippen molar-refractivity contribution in [1.82, 2.24) is 14.4 Å². The summed E-state index contributed by atoms with van der Waals surface area (Å²) in [6.45, 7) is 0. The van der Waals surface area contributed by atoms with Crippen LogP contribution in [0.1, 0.15) is 21.0 Å². The third kappa shape index (κ3) is 3.56. The number of anilines is 1. The van der Waals surface area contributed by atoms with Gasteiger partial charge in [-0.15, -0.1) is 0 Å². The van der Waals surface area contributed by atoms with E-state index in [0.717, 1.165) is 5.56 Å². The van der Waals surface area contributed by atoms with Gasteiger partial charge in [0.05, 0.1) is 17.8 Å². The zero-order valence-electron chi connectivity index (χ0n) is 15.8. The molecule has 0 saturated carbocycles. The van der Waals surface area contributed by atoms with Crippen LogP contribution >= 0.6 is 11.6 Å². The maximum Gasteiger partial charge on any atom is 0.272 e. The first kappa shape index (κ1) is 19.4. The molecule has 30 heavy (non-hydrogen) atoms. The van der Waals surface area contributed by atoms with Crippen molar-refractivity contribution in [3.8, 4) is 17.0 Å². The lowest BCUT2D eigenvalue weighted by Gasteiger charge is -2.11. The molecule has 0 aliphatic heterocycles. The predicted molar refractivity (Wildman–Crippen MR) is 113 cm³/mol. The van der Waals surface area contributed by atoms with Gasteiger partial charge in [-0.05, 0) is 24.3 Å². The Morgan fingerprint density at radius 2 is 1.90 bits per heavy atom. The van der Waals surface area contributed by atoms with Crippen LogP contribution in [0.4, 0.5) is 5.69 Å². The number of halogens is 1. The third-order valence-electron chi connectivity index (χ3n) is 4.45. The summed E-state index contributed by atoms with van der Waals surface area (Å²) in [5, 5.41) is 3.15. The molecule has 4 rings (SSSR count). The molecule has 0 spiro atoms. The molecule has 150 valence electrons. The van der Waals surface area contributed by atoms with E-state index in [2.05, 4.69) is 15.3 Å². The highest BCUT2D eigenvalue weighted by molar-refractivity contribution is 6.32. The monoisotopic (exact) mass is 421 g/mol. The Bertz CT molecular complexity index is 1270. The van der Waals surface area contributed by atoms with E-state index in [1.165, 1.54) is 17.8 Å². The molecule has 3 N–H and O–H groups in total. The molecular formula is C21H16ClN5O3. The van der Waals surface area contributed by atoms with Crippen molar-refractivity contribution in [2.45, 2.75) is 0 Å². The fourth-order valence-electron chi connectivity index (χ4n) is 3.02. The van der Waals surface area contributed by atoms with E-state index in [1.807, 2.05) is 30.3 Å². The number of benzene rings is 2.